The van der Waals surface area contributed by atoms with E-state index < -0.39 is 0 Å². The first kappa shape index (κ1) is 10.9. The van der Waals surface area contributed by atoms with Crippen LogP contribution in [0.25, 0.3) is 0 Å². The molecule has 0 spiro atoms. The maximum Gasteiger partial charge on any atom is 0.0576 e. The van der Waals surface area contributed by atoms with Crippen LogP contribution in [0.2, 0.25) is 0 Å². The van der Waals surface area contributed by atoms with Crippen LogP contribution in [-0.2, 0) is 4.74 Å². The average Bonchev–Trinajstić information content (AvgIpc) is 2.74. The van der Waals surface area contributed by atoms with Gasteiger partial charge in [0.25, 0.3) is 0 Å². The third-order valence-electron chi connectivity index (χ3n) is 3.50. The van der Waals surface area contributed by atoms with Gasteiger partial charge in [-0.1, -0.05) is 30.2 Å². The molecule has 0 aromatic rings. The maximum atomic E-state index is 5.63. The third-order valence-corrected chi connectivity index (χ3v) is 3.50. The monoisotopic (exact) mass is 206 g/mol. The lowest BCUT2D eigenvalue weighted by molar-refractivity contribution is 0.101. The lowest BCUT2D eigenvalue weighted by atomic mass is 9.92. The van der Waals surface area contributed by atoms with Crippen LogP contribution in [0.5, 0.6) is 0 Å². The highest BCUT2D eigenvalue weighted by Gasteiger charge is 2.15. The lowest BCUT2D eigenvalue weighted by Crippen LogP contribution is -2.06. The fourth-order valence-corrected chi connectivity index (χ4v) is 2.47. The van der Waals surface area contributed by atoms with Crippen LogP contribution in [0.1, 0.15) is 45.4 Å². The van der Waals surface area contributed by atoms with E-state index in [1.54, 1.807) is 0 Å². The van der Waals surface area contributed by atoms with Gasteiger partial charge in [-0.25, -0.2) is 0 Å². The summed E-state index contributed by atoms with van der Waals surface area (Å²) in [6.45, 7) is 3.18. The highest BCUT2D eigenvalue weighted by Crippen LogP contribution is 2.24. The summed E-state index contributed by atoms with van der Waals surface area (Å²) in [6.07, 6.45) is 15.3. The van der Waals surface area contributed by atoms with Crippen molar-refractivity contribution < 1.29 is 4.74 Å². The molecule has 0 aromatic heterocycles. The van der Waals surface area contributed by atoms with Crippen LogP contribution in [0.3, 0.4) is 0 Å². The predicted molar refractivity (Wildman–Crippen MR) is 63.8 cm³/mol. The Morgan fingerprint density at radius 2 is 2.33 bits per heavy atom. The van der Waals surface area contributed by atoms with Gasteiger partial charge in [-0.2, -0.15) is 0 Å². The zero-order chi connectivity index (χ0) is 10.5. The van der Waals surface area contributed by atoms with Gasteiger partial charge in [0.15, 0.2) is 0 Å². The van der Waals surface area contributed by atoms with E-state index in [1.165, 1.54) is 44.1 Å². The van der Waals surface area contributed by atoms with Crippen LogP contribution in [0.15, 0.2) is 23.8 Å². The first-order chi connectivity index (χ1) is 7.34. The Hall–Kier alpha value is -0.560. The van der Waals surface area contributed by atoms with Crippen molar-refractivity contribution in [3.63, 3.8) is 0 Å². The first-order valence-corrected chi connectivity index (χ1v) is 6.31. The molecular formula is C14H22O. The normalized spacial score (nSPS) is 30.6. The van der Waals surface area contributed by atoms with E-state index in [-0.39, 0.29) is 0 Å². The van der Waals surface area contributed by atoms with Gasteiger partial charge in [-0.15, -0.1) is 0 Å². The van der Waals surface area contributed by atoms with Crippen LogP contribution in [0.4, 0.5) is 0 Å². The summed E-state index contributed by atoms with van der Waals surface area (Å²) in [5.41, 5.74) is 1.42. The number of hydrogen-bond donors (Lipinski definition) is 0. The Bertz CT molecular complexity index is 246. The minimum absolute atomic E-state index is 0.579. The van der Waals surface area contributed by atoms with Crippen molar-refractivity contribution in [3.05, 3.63) is 23.8 Å². The zero-order valence-electron chi connectivity index (χ0n) is 9.74. The molecule has 0 bridgehead atoms. The summed E-state index contributed by atoms with van der Waals surface area (Å²) < 4.78 is 5.63. The molecule has 2 aliphatic rings. The second kappa shape index (κ2) is 5.50. The Morgan fingerprint density at radius 1 is 1.40 bits per heavy atom. The van der Waals surface area contributed by atoms with Crippen molar-refractivity contribution in [2.24, 2.45) is 5.92 Å². The molecule has 1 aliphatic heterocycles. The van der Waals surface area contributed by atoms with Gasteiger partial charge in [0, 0.05) is 6.61 Å². The van der Waals surface area contributed by atoms with Gasteiger partial charge in [-0.05, 0) is 44.9 Å². The summed E-state index contributed by atoms with van der Waals surface area (Å²) >= 11 is 0. The lowest BCUT2D eigenvalue weighted by Gasteiger charge is -2.15. The van der Waals surface area contributed by atoms with Crippen molar-refractivity contribution >= 4 is 0 Å². The molecule has 1 fully saturated rings. The zero-order valence-corrected chi connectivity index (χ0v) is 9.74. The summed E-state index contributed by atoms with van der Waals surface area (Å²) in [4.78, 5) is 0. The summed E-state index contributed by atoms with van der Waals surface area (Å²) in [7, 11) is 0. The molecule has 0 N–H and O–H groups in total. The fraction of sp³-hybridized carbons (Fsp3) is 0.714. The Morgan fingerprint density at radius 3 is 3.00 bits per heavy atom. The van der Waals surface area contributed by atoms with Crippen molar-refractivity contribution in [2.45, 2.75) is 51.6 Å². The van der Waals surface area contributed by atoms with E-state index in [9.17, 15) is 0 Å². The molecule has 2 atom stereocenters. The molecule has 1 heterocycles. The van der Waals surface area contributed by atoms with Gasteiger partial charge >= 0.3 is 0 Å². The Balaban J connectivity index is 1.60. The van der Waals surface area contributed by atoms with Crippen LogP contribution in [0, 0.1) is 5.92 Å². The van der Waals surface area contributed by atoms with E-state index in [0.717, 1.165) is 12.5 Å². The second-order valence-electron chi connectivity index (χ2n) is 4.87. The number of ether oxygens (including phenoxy) is 1. The molecule has 1 nitrogen and oxygen atoms in total. The number of allylic oxidation sites excluding steroid dienone is 4. The van der Waals surface area contributed by atoms with Gasteiger partial charge in [0.2, 0.25) is 0 Å². The minimum atomic E-state index is 0.579. The third kappa shape index (κ3) is 3.49. The van der Waals surface area contributed by atoms with E-state index in [0.29, 0.717) is 6.10 Å². The van der Waals surface area contributed by atoms with Gasteiger partial charge in [0.1, 0.15) is 0 Å². The summed E-state index contributed by atoms with van der Waals surface area (Å²) in [5.74, 6) is 0.787. The molecule has 84 valence electrons. The van der Waals surface area contributed by atoms with Gasteiger partial charge in [0.05, 0.1) is 6.10 Å². The first-order valence-electron chi connectivity index (χ1n) is 6.31. The van der Waals surface area contributed by atoms with Crippen molar-refractivity contribution in [3.8, 4) is 0 Å². The van der Waals surface area contributed by atoms with Crippen LogP contribution in [-0.4, -0.2) is 12.7 Å². The second-order valence-corrected chi connectivity index (χ2v) is 4.87. The molecule has 15 heavy (non-hydrogen) atoms. The molecule has 1 saturated heterocycles. The topological polar surface area (TPSA) is 9.23 Å². The molecule has 0 radical (unpaired) electrons. The van der Waals surface area contributed by atoms with E-state index in [1.807, 2.05) is 0 Å². The fourth-order valence-electron chi connectivity index (χ4n) is 2.47. The minimum Gasteiger partial charge on any atom is -0.378 e. The standard InChI is InChI=1S/C14H22O/c1-12-7-9-13(10-8-12)4-2-5-14-6-3-11-15-14/h7-9,13-14H,2-6,10-11H2,1H3. The van der Waals surface area contributed by atoms with E-state index in [2.05, 4.69) is 25.2 Å². The van der Waals surface area contributed by atoms with Gasteiger partial charge in [-0.3, -0.25) is 0 Å². The SMILES string of the molecule is CC1=CCC(CCCC2CCCO2)C=C1. The molecular weight excluding hydrogens is 184 g/mol. The van der Waals surface area contributed by atoms with Crippen molar-refractivity contribution in [2.75, 3.05) is 6.61 Å². The highest BCUT2D eigenvalue weighted by molar-refractivity contribution is 5.21. The largest absolute Gasteiger partial charge is 0.378 e. The summed E-state index contributed by atoms with van der Waals surface area (Å²) in [5, 5.41) is 0. The molecule has 1 heteroatoms. The molecule has 1 aliphatic carbocycles. The van der Waals surface area contributed by atoms with Crippen molar-refractivity contribution in [1.82, 2.24) is 0 Å². The Kier molecular flexibility index (Phi) is 4.01. The number of hydrogen-bond acceptors (Lipinski definition) is 1. The van der Waals surface area contributed by atoms with E-state index in [4.69, 9.17) is 4.74 Å². The molecule has 0 aromatic carbocycles. The van der Waals surface area contributed by atoms with E-state index >= 15 is 0 Å². The predicted octanol–water partition coefficient (Wildman–Crippen LogP) is 3.86. The molecule has 0 saturated carbocycles. The van der Waals surface area contributed by atoms with Crippen LogP contribution >= 0.6 is 0 Å². The molecule has 2 unspecified atom stereocenters. The highest BCUT2D eigenvalue weighted by atomic mass is 16.5. The Labute approximate surface area is 93.2 Å². The van der Waals surface area contributed by atoms with Crippen molar-refractivity contribution in [1.29, 1.82) is 0 Å². The summed E-state index contributed by atoms with van der Waals surface area (Å²) in [6, 6.07) is 0. The molecule has 2 rings (SSSR count). The maximum absolute atomic E-state index is 5.63. The van der Waals surface area contributed by atoms with Gasteiger partial charge < -0.3 is 4.74 Å². The van der Waals surface area contributed by atoms with Crippen LogP contribution < -0.4 is 0 Å². The smallest absolute Gasteiger partial charge is 0.0576 e. The quantitative estimate of drug-likeness (QED) is 0.678. The number of rotatable bonds is 4. The average molecular weight is 206 g/mol. The molecule has 0 amide bonds.